The standard InChI is InChI=1S/C13H11F4N3S/c14-12(15)13(16,17)6-19-11-8(10(18)21)5-7-3-1-2-4-9(7)20-11/h1-5,12H,6H2,(H2,18,21)(H,19,20). The molecular weight excluding hydrogens is 306 g/mol. The second kappa shape index (κ2) is 5.80. The molecule has 1 heterocycles. The third-order valence-electron chi connectivity index (χ3n) is 2.80. The van der Waals surface area contributed by atoms with Crippen LogP contribution in [0, 0.1) is 0 Å². The molecule has 0 saturated heterocycles. The molecule has 2 aromatic rings. The van der Waals surface area contributed by atoms with E-state index in [4.69, 9.17) is 18.0 Å². The molecule has 0 unspecified atom stereocenters. The zero-order valence-electron chi connectivity index (χ0n) is 10.6. The first-order valence-electron chi connectivity index (χ1n) is 5.90. The van der Waals surface area contributed by atoms with E-state index in [9.17, 15) is 17.6 Å². The molecule has 0 radical (unpaired) electrons. The van der Waals surface area contributed by atoms with E-state index in [0.29, 0.717) is 10.9 Å². The summed E-state index contributed by atoms with van der Waals surface area (Å²) < 4.78 is 50.3. The molecule has 3 nitrogen and oxygen atoms in total. The second-order valence-corrected chi connectivity index (χ2v) is 4.80. The summed E-state index contributed by atoms with van der Waals surface area (Å²) in [4.78, 5) is 4.04. The van der Waals surface area contributed by atoms with Gasteiger partial charge in [0.15, 0.2) is 0 Å². The molecule has 0 atom stereocenters. The molecule has 112 valence electrons. The Morgan fingerprint density at radius 2 is 2.00 bits per heavy atom. The number of fused-ring (bicyclic) bond motifs is 1. The van der Waals surface area contributed by atoms with Gasteiger partial charge in [-0.05, 0) is 12.1 Å². The lowest BCUT2D eigenvalue weighted by atomic mass is 10.1. The van der Waals surface area contributed by atoms with E-state index in [2.05, 4.69) is 10.3 Å². The maximum atomic E-state index is 13.0. The van der Waals surface area contributed by atoms with Crippen molar-refractivity contribution in [2.45, 2.75) is 12.3 Å². The fourth-order valence-corrected chi connectivity index (χ4v) is 1.87. The maximum absolute atomic E-state index is 13.0. The molecule has 3 N–H and O–H groups in total. The number of hydrogen-bond donors (Lipinski definition) is 2. The minimum Gasteiger partial charge on any atom is -0.389 e. The molecule has 1 aromatic carbocycles. The Balaban J connectivity index is 2.37. The first kappa shape index (κ1) is 15.4. The van der Waals surface area contributed by atoms with Crippen LogP contribution in [0.15, 0.2) is 30.3 Å². The number of nitrogens with two attached hydrogens (primary N) is 1. The number of anilines is 1. The third-order valence-corrected chi connectivity index (χ3v) is 3.02. The van der Waals surface area contributed by atoms with E-state index in [-0.39, 0.29) is 16.4 Å². The maximum Gasteiger partial charge on any atom is 0.324 e. The molecule has 0 bridgehead atoms. The average molecular weight is 317 g/mol. The fraction of sp³-hybridized carbons (Fsp3) is 0.231. The lowest BCUT2D eigenvalue weighted by Crippen LogP contribution is -2.35. The summed E-state index contributed by atoms with van der Waals surface area (Å²) in [6.07, 6.45) is -3.77. The smallest absolute Gasteiger partial charge is 0.324 e. The summed E-state index contributed by atoms with van der Waals surface area (Å²) in [6, 6.07) is 8.48. The molecule has 8 heteroatoms. The van der Waals surface area contributed by atoms with Gasteiger partial charge in [0, 0.05) is 5.39 Å². The summed E-state index contributed by atoms with van der Waals surface area (Å²) in [7, 11) is 0. The van der Waals surface area contributed by atoms with Crippen molar-refractivity contribution in [3.8, 4) is 0 Å². The number of rotatable bonds is 5. The van der Waals surface area contributed by atoms with Crippen molar-refractivity contribution < 1.29 is 17.6 Å². The first-order chi connectivity index (χ1) is 9.81. The van der Waals surface area contributed by atoms with Gasteiger partial charge in [-0.3, -0.25) is 0 Å². The van der Waals surface area contributed by atoms with Gasteiger partial charge in [-0.15, -0.1) is 0 Å². The third kappa shape index (κ3) is 3.38. The van der Waals surface area contributed by atoms with E-state index < -0.39 is 18.9 Å². The molecule has 0 spiro atoms. The van der Waals surface area contributed by atoms with Crippen LogP contribution in [0.5, 0.6) is 0 Å². The van der Waals surface area contributed by atoms with Crippen LogP contribution in [0.25, 0.3) is 10.9 Å². The van der Waals surface area contributed by atoms with Crippen LogP contribution in [-0.4, -0.2) is 28.9 Å². The monoisotopic (exact) mass is 317 g/mol. The molecular formula is C13H11F4N3S. The van der Waals surface area contributed by atoms with Crippen LogP contribution >= 0.6 is 12.2 Å². The number of aromatic nitrogens is 1. The molecule has 1 aromatic heterocycles. The lowest BCUT2D eigenvalue weighted by Gasteiger charge is -2.18. The fourth-order valence-electron chi connectivity index (χ4n) is 1.72. The molecule has 21 heavy (non-hydrogen) atoms. The second-order valence-electron chi connectivity index (χ2n) is 4.36. The topological polar surface area (TPSA) is 50.9 Å². The minimum atomic E-state index is -4.17. The van der Waals surface area contributed by atoms with Gasteiger partial charge in [0.05, 0.1) is 17.6 Å². The zero-order chi connectivity index (χ0) is 15.6. The summed E-state index contributed by atoms with van der Waals surface area (Å²) in [6.45, 7) is -1.26. The van der Waals surface area contributed by atoms with Crippen LogP contribution in [-0.2, 0) is 0 Å². The van der Waals surface area contributed by atoms with Crippen molar-refractivity contribution in [3.63, 3.8) is 0 Å². The highest BCUT2D eigenvalue weighted by Gasteiger charge is 2.40. The molecule has 0 saturated carbocycles. The number of pyridine rings is 1. The van der Waals surface area contributed by atoms with Gasteiger partial charge >= 0.3 is 12.3 Å². The molecule has 0 aliphatic heterocycles. The molecule has 0 aliphatic rings. The van der Waals surface area contributed by atoms with E-state index in [1.807, 2.05) is 0 Å². The number of halogens is 4. The van der Waals surface area contributed by atoms with Gasteiger partial charge in [0.25, 0.3) is 0 Å². The van der Waals surface area contributed by atoms with Gasteiger partial charge < -0.3 is 11.1 Å². The Hall–Kier alpha value is -1.96. The summed E-state index contributed by atoms with van der Waals surface area (Å²) >= 11 is 4.83. The highest BCUT2D eigenvalue weighted by molar-refractivity contribution is 7.80. The lowest BCUT2D eigenvalue weighted by molar-refractivity contribution is -0.117. The van der Waals surface area contributed by atoms with Gasteiger partial charge in [0.2, 0.25) is 0 Å². The molecule has 0 fully saturated rings. The number of nitrogens with zero attached hydrogens (tertiary/aromatic N) is 1. The Kier molecular flexibility index (Phi) is 4.26. The van der Waals surface area contributed by atoms with E-state index in [1.54, 1.807) is 30.3 Å². The van der Waals surface area contributed by atoms with Crippen LogP contribution in [0.4, 0.5) is 23.4 Å². The van der Waals surface area contributed by atoms with E-state index >= 15 is 0 Å². The number of hydrogen-bond acceptors (Lipinski definition) is 3. The van der Waals surface area contributed by atoms with Gasteiger partial charge in [-0.1, -0.05) is 30.4 Å². The number of nitrogens with one attached hydrogen (secondary N) is 1. The van der Waals surface area contributed by atoms with Crippen molar-refractivity contribution in [3.05, 3.63) is 35.9 Å². The number of alkyl halides is 4. The van der Waals surface area contributed by atoms with Gasteiger partial charge in [0.1, 0.15) is 10.8 Å². The van der Waals surface area contributed by atoms with Crippen LogP contribution in [0.1, 0.15) is 5.56 Å². The quantitative estimate of drug-likeness (QED) is 0.657. The molecule has 0 amide bonds. The molecule has 0 aliphatic carbocycles. The minimum absolute atomic E-state index is 0.0403. The Bertz CT molecular complexity index is 676. The number of benzene rings is 1. The Labute approximate surface area is 123 Å². The predicted molar refractivity (Wildman–Crippen MR) is 77.1 cm³/mol. The van der Waals surface area contributed by atoms with Crippen LogP contribution < -0.4 is 11.1 Å². The number of para-hydroxylation sites is 1. The van der Waals surface area contributed by atoms with E-state index in [0.717, 1.165) is 0 Å². The highest BCUT2D eigenvalue weighted by Crippen LogP contribution is 2.25. The van der Waals surface area contributed by atoms with Crippen molar-refractivity contribution in [1.29, 1.82) is 0 Å². The summed E-state index contributed by atoms with van der Waals surface area (Å²) in [5, 5.41) is 2.91. The Morgan fingerprint density at radius 1 is 1.33 bits per heavy atom. The molecule has 2 rings (SSSR count). The predicted octanol–water partition coefficient (Wildman–Crippen LogP) is 3.18. The summed E-state index contributed by atoms with van der Waals surface area (Å²) in [5.41, 5.74) is 6.27. The highest BCUT2D eigenvalue weighted by atomic mass is 32.1. The van der Waals surface area contributed by atoms with Crippen molar-refractivity contribution in [2.24, 2.45) is 5.73 Å². The van der Waals surface area contributed by atoms with Gasteiger partial charge in [-0.25, -0.2) is 13.8 Å². The van der Waals surface area contributed by atoms with Crippen molar-refractivity contribution in [2.75, 3.05) is 11.9 Å². The van der Waals surface area contributed by atoms with Crippen LogP contribution in [0.2, 0.25) is 0 Å². The van der Waals surface area contributed by atoms with Crippen LogP contribution in [0.3, 0.4) is 0 Å². The zero-order valence-corrected chi connectivity index (χ0v) is 11.4. The van der Waals surface area contributed by atoms with E-state index in [1.165, 1.54) is 0 Å². The largest absolute Gasteiger partial charge is 0.389 e. The average Bonchev–Trinajstić information content (AvgIpc) is 2.43. The Morgan fingerprint density at radius 3 is 2.62 bits per heavy atom. The normalized spacial score (nSPS) is 11.9. The number of thiocarbonyl (C=S) groups is 1. The van der Waals surface area contributed by atoms with Crippen molar-refractivity contribution >= 4 is 33.9 Å². The summed E-state index contributed by atoms with van der Waals surface area (Å²) in [5.74, 6) is -4.21. The van der Waals surface area contributed by atoms with Gasteiger partial charge in [-0.2, -0.15) is 8.78 Å². The van der Waals surface area contributed by atoms with Crippen molar-refractivity contribution in [1.82, 2.24) is 4.98 Å². The SMILES string of the molecule is NC(=S)c1cc2ccccc2nc1NCC(F)(F)C(F)F. The first-order valence-corrected chi connectivity index (χ1v) is 6.31.